The molecule has 106 valence electrons. The van der Waals surface area contributed by atoms with Crippen LogP contribution in [0.5, 0.6) is 0 Å². The summed E-state index contributed by atoms with van der Waals surface area (Å²) in [6.07, 6.45) is 0. The maximum absolute atomic E-state index is 3.39. The predicted octanol–water partition coefficient (Wildman–Crippen LogP) is 2.58. The molecule has 1 N–H and O–H groups in total. The van der Waals surface area contributed by atoms with Crippen molar-refractivity contribution in [2.24, 2.45) is 5.41 Å². The van der Waals surface area contributed by atoms with E-state index in [-0.39, 0.29) is 5.41 Å². The van der Waals surface area contributed by atoms with Crippen LogP contribution in [0.3, 0.4) is 0 Å². The van der Waals surface area contributed by atoms with Gasteiger partial charge in [-0.1, -0.05) is 26.0 Å². The fourth-order valence-electron chi connectivity index (χ4n) is 2.75. The van der Waals surface area contributed by atoms with E-state index in [1.807, 2.05) is 7.05 Å². The standard InChI is InChI=1S/C16H27N3/c1-13(17-4)16(2,3)12-19-11-10-18(5)14-8-6-7-9-15(14)19/h6-9,13,17H,10-12H2,1-5H3. The first-order chi connectivity index (χ1) is 8.95. The zero-order chi connectivity index (χ0) is 14.0. The molecule has 0 radical (unpaired) electrons. The minimum atomic E-state index is 0.248. The minimum absolute atomic E-state index is 0.248. The lowest BCUT2D eigenvalue weighted by Crippen LogP contribution is -2.49. The number of likely N-dealkylation sites (N-methyl/N-ethyl adjacent to an activating group) is 1. The zero-order valence-electron chi connectivity index (χ0n) is 12.9. The van der Waals surface area contributed by atoms with Gasteiger partial charge in [0.15, 0.2) is 0 Å². The molecule has 19 heavy (non-hydrogen) atoms. The SMILES string of the molecule is CNC(C)C(C)(C)CN1CCN(C)c2ccccc21. The molecule has 0 saturated heterocycles. The highest BCUT2D eigenvalue weighted by molar-refractivity contribution is 5.73. The summed E-state index contributed by atoms with van der Waals surface area (Å²) in [5, 5.41) is 3.39. The van der Waals surface area contributed by atoms with E-state index in [4.69, 9.17) is 0 Å². The molecule has 1 unspecified atom stereocenters. The fourth-order valence-corrected chi connectivity index (χ4v) is 2.75. The lowest BCUT2D eigenvalue weighted by atomic mass is 9.84. The van der Waals surface area contributed by atoms with Gasteiger partial charge in [-0.2, -0.15) is 0 Å². The molecule has 1 atom stereocenters. The van der Waals surface area contributed by atoms with Crippen molar-refractivity contribution in [3.05, 3.63) is 24.3 Å². The van der Waals surface area contributed by atoms with Crippen molar-refractivity contribution in [1.82, 2.24) is 5.32 Å². The monoisotopic (exact) mass is 261 g/mol. The Morgan fingerprint density at radius 1 is 1.21 bits per heavy atom. The molecular formula is C16H27N3. The Balaban J connectivity index is 2.21. The topological polar surface area (TPSA) is 18.5 Å². The summed E-state index contributed by atoms with van der Waals surface area (Å²) < 4.78 is 0. The lowest BCUT2D eigenvalue weighted by molar-refractivity contribution is 0.271. The number of nitrogens with zero attached hydrogens (tertiary/aromatic N) is 2. The molecule has 1 aromatic rings. The number of anilines is 2. The van der Waals surface area contributed by atoms with Gasteiger partial charge in [-0.25, -0.2) is 0 Å². The van der Waals surface area contributed by atoms with Crippen LogP contribution < -0.4 is 15.1 Å². The number of hydrogen-bond donors (Lipinski definition) is 1. The molecule has 3 nitrogen and oxygen atoms in total. The summed E-state index contributed by atoms with van der Waals surface area (Å²) in [4.78, 5) is 4.88. The van der Waals surface area contributed by atoms with Crippen LogP contribution in [0, 0.1) is 5.41 Å². The van der Waals surface area contributed by atoms with Gasteiger partial charge in [-0.15, -0.1) is 0 Å². The molecular weight excluding hydrogens is 234 g/mol. The Morgan fingerprint density at radius 3 is 2.47 bits per heavy atom. The maximum Gasteiger partial charge on any atom is 0.0604 e. The molecule has 0 aliphatic carbocycles. The van der Waals surface area contributed by atoms with Crippen LogP contribution in [0.15, 0.2) is 24.3 Å². The fraction of sp³-hybridized carbons (Fsp3) is 0.625. The maximum atomic E-state index is 3.39. The number of benzene rings is 1. The third-order valence-corrected chi connectivity index (χ3v) is 4.54. The van der Waals surface area contributed by atoms with Crippen molar-refractivity contribution in [2.45, 2.75) is 26.8 Å². The van der Waals surface area contributed by atoms with E-state index in [1.165, 1.54) is 11.4 Å². The van der Waals surface area contributed by atoms with Gasteiger partial charge in [0, 0.05) is 32.7 Å². The molecule has 0 amide bonds. The Kier molecular flexibility index (Phi) is 4.04. The normalized spacial score (nSPS) is 17.3. The quantitative estimate of drug-likeness (QED) is 0.898. The first-order valence-corrected chi connectivity index (χ1v) is 7.18. The van der Waals surface area contributed by atoms with Crippen molar-refractivity contribution in [1.29, 1.82) is 0 Å². The van der Waals surface area contributed by atoms with Crippen LogP contribution in [0.2, 0.25) is 0 Å². The second-order valence-corrected chi connectivity index (χ2v) is 6.33. The van der Waals surface area contributed by atoms with Gasteiger partial charge < -0.3 is 15.1 Å². The molecule has 0 aromatic heterocycles. The summed E-state index contributed by atoms with van der Waals surface area (Å²) in [7, 11) is 4.22. The molecule has 1 aliphatic heterocycles. The van der Waals surface area contributed by atoms with Gasteiger partial charge in [0.05, 0.1) is 11.4 Å². The smallest absolute Gasteiger partial charge is 0.0604 e. The van der Waals surface area contributed by atoms with Crippen molar-refractivity contribution < 1.29 is 0 Å². The lowest BCUT2D eigenvalue weighted by Gasteiger charge is -2.43. The summed E-state index contributed by atoms with van der Waals surface area (Å²) in [6, 6.07) is 9.22. The first kappa shape index (κ1) is 14.2. The molecule has 0 fully saturated rings. The second-order valence-electron chi connectivity index (χ2n) is 6.33. The number of hydrogen-bond acceptors (Lipinski definition) is 3. The molecule has 3 heteroatoms. The Morgan fingerprint density at radius 2 is 1.84 bits per heavy atom. The summed E-state index contributed by atoms with van der Waals surface area (Å²) >= 11 is 0. The van der Waals surface area contributed by atoms with Gasteiger partial charge in [0.2, 0.25) is 0 Å². The van der Waals surface area contributed by atoms with E-state index in [0.717, 1.165) is 19.6 Å². The average Bonchev–Trinajstić information content (AvgIpc) is 2.41. The number of nitrogens with one attached hydrogen (secondary N) is 1. The third-order valence-electron chi connectivity index (χ3n) is 4.54. The van der Waals surface area contributed by atoms with Gasteiger partial charge in [-0.3, -0.25) is 0 Å². The predicted molar refractivity (Wildman–Crippen MR) is 84.2 cm³/mol. The highest BCUT2D eigenvalue weighted by Crippen LogP contribution is 2.34. The molecule has 1 heterocycles. The Hall–Kier alpha value is -1.22. The van der Waals surface area contributed by atoms with Crippen LogP contribution in [0.25, 0.3) is 0 Å². The first-order valence-electron chi connectivity index (χ1n) is 7.18. The number of para-hydroxylation sites is 2. The molecule has 1 aromatic carbocycles. The van der Waals surface area contributed by atoms with Crippen molar-refractivity contribution in [3.8, 4) is 0 Å². The van der Waals surface area contributed by atoms with E-state index in [1.54, 1.807) is 0 Å². The minimum Gasteiger partial charge on any atom is -0.371 e. The van der Waals surface area contributed by atoms with Gasteiger partial charge in [0.25, 0.3) is 0 Å². The van der Waals surface area contributed by atoms with Crippen molar-refractivity contribution >= 4 is 11.4 Å². The van der Waals surface area contributed by atoms with Crippen LogP contribution in [-0.2, 0) is 0 Å². The molecule has 0 bridgehead atoms. The molecule has 1 aliphatic rings. The van der Waals surface area contributed by atoms with Crippen LogP contribution in [0.1, 0.15) is 20.8 Å². The van der Waals surface area contributed by atoms with Gasteiger partial charge in [-0.05, 0) is 31.5 Å². The van der Waals surface area contributed by atoms with Crippen molar-refractivity contribution in [2.75, 3.05) is 43.5 Å². The van der Waals surface area contributed by atoms with Crippen molar-refractivity contribution in [3.63, 3.8) is 0 Å². The van der Waals surface area contributed by atoms with E-state index in [0.29, 0.717) is 6.04 Å². The van der Waals surface area contributed by atoms with Crippen LogP contribution >= 0.6 is 0 Å². The number of rotatable bonds is 4. The van der Waals surface area contributed by atoms with E-state index < -0.39 is 0 Å². The Bertz CT molecular complexity index is 428. The average molecular weight is 261 g/mol. The van der Waals surface area contributed by atoms with E-state index in [9.17, 15) is 0 Å². The van der Waals surface area contributed by atoms with E-state index >= 15 is 0 Å². The molecule has 0 saturated carbocycles. The summed E-state index contributed by atoms with van der Waals surface area (Å²) in [5.41, 5.74) is 2.96. The van der Waals surface area contributed by atoms with Gasteiger partial charge in [0.1, 0.15) is 0 Å². The van der Waals surface area contributed by atoms with Crippen LogP contribution in [-0.4, -0.2) is 39.8 Å². The summed E-state index contributed by atoms with van der Waals surface area (Å²) in [5.74, 6) is 0. The van der Waals surface area contributed by atoms with Crippen LogP contribution in [0.4, 0.5) is 11.4 Å². The summed E-state index contributed by atoms with van der Waals surface area (Å²) in [6.45, 7) is 10.2. The number of fused-ring (bicyclic) bond motifs is 1. The second kappa shape index (κ2) is 5.41. The van der Waals surface area contributed by atoms with E-state index in [2.05, 4.69) is 67.2 Å². The zero-order valence-corrected chi connectivity index (χ0v) is 12.9. The molecule has 0 spiro atoms. The Labute approximate surface area is 117 Å². The molecule has 2 rings (SSSR count). The third kappa shape index (κ3) is 2.86. The highest BCUT2D eigenvalue weighted by atomic mass is 15.3. The highest BCUT2D eigenvalue weighted by Gasteiger charge is 2.30. The largest absolute Gasteiger partial charge is 0.371 e. The van der Waals surface area contributed by atoms with Gasteiger partial charge >= 0.3 is 0 Å².